The lowest BCUT2D eigenvalue weighted by atomic mass is 10.1. The first-order valence-corrected chi connectivity index (χ1v) is 3.42. The Morgan fingerprint density at radius 2 is 2.40 bits per heavy atom. The first-order chi connectivity index (χ1) is 2.41. The van der Waals surface area contributed by atoms with Gasteiger partial charge in [0.1, 0.15) is 0 Å². The Morgan fingerprint density at radius 1 is 1.80 bits per heavy atom. The maximum atomic E-state index is 5.07. The van der Waals surface area contributed by atoms with E-state index in [1.807, 2.05) is 0 Å². The Labute approximate surface area is 42.9 Å². The second kappa shape index (κ2) is 4.76. The van der Waals surface area contributed by atoms with Crippen LogP contribution >= 0.6 is 22.5 Å². The van der Waals surface area contributed by atoms with Gasteiger partial charge in [-0.3, -0.25) is 0 Å². The number of hydrogen-bond acceptors (Lipinski definition) is 2. The van der Waals surface area contributed by atoms with Crippen LogP contribution in [0.3, 0.4) is 0 Å². The fourth-order valence-electron chi connectivity index (χ4n) is 0.0527. The van der Waals surface area contributed by atoms with Crippen molar-refractivity contribution in [1.82, 2.24) is 0 Å². The highest BCUT2D eigenvalue weighted by Crippen LogP contribution is 2.03. The summed E-state index contributed by atoms with van der Waals surface area (Å²) < 4.78 is 0. The van der Waals surface area contributed by atoms with Gasteiger partial charge in [0, 0.05) is 0 Å². The molecule has 0 aliphatic heterocycles. The van der Waals surface area contributed by atoms with Crippen LogP contribution in [0.2, 0.25) is 6.32 Å². The van der Waals surface area contributed by atoms with Crippen LogP contribution in [0.1, 0.15) is 0 Å². The molecule has 5 heavy (non-hydrogen) atoms. The minimum Gasteiger partial charge on any atom is -0.111 e. The monoisotopic (exact) mass is 104 g/mol. The molecule has 0 aliphatic carbocycles. The SMILES string of the molecule is [B]CCSS. The summed E-state index contributed by atoms with van der Waals surface area (Å²) >= 11 is 3.84. The molecule has 2 radical (unpaired) electrons. The van der Waals surface area contributed by atoms with Gasteiger partial charge in [0.05, 0.1) is 7.85 Å². The predicted octanol–water partition coefficient (Wildman–Crippen LogP) is 1.15. The molecule has 0 amide bonds. The highest BCUT2D eigenvalue weighted by Gasteiger charge is 1.69. The zero-order valence-corrected chi connectivity index (χ0v) is 4.56. The van der Waals surface area contributed by atoms with E-state index in [9.17, 15) is 0 Å². The molecule has 0 unspecified atom stereocenters. The molecule has 0 saturated carbocycles. The van der Waals surface area contributed by atoms with E-state index in [0.717, 1.165) is 12.1 Å². The van der Waals surface area contributed by atoms with Crippen LogP contribution in [0.25, 0.3) is 0 Å². The lowest BCUT2D eigenvalue weighted by molar-refractivity contribution is 1.52. The second-order valence-corrected chi connectivity index (χ2v) is 2.06. The Morgan fingerprint density at radius 3 is 2.40 bits per heavy atom. The van der Waals surface area contributed by atoms with Crippen LogP contribution < -0.4 is 0 Å². The highest BCUT2D eigenvalue weighted by molar-refractivity contribution is 8.68. The van der Waals surface area contributed by atoms with Crippen molar-refractivity contribution in [2.75, 3.05) is 5.75 Å². The van der Waals surface area contributed by atoms with Gasteiger partial charge in [-0.25, -0.2) is 0 Å². The average molecular weight is 104 g/mol. The van der Waals surface area contributed by atoms with Crippen molar-refractivity contribution >= 4 is 30.3 Å². The Bertz CT molecular complexity index is 15.1. The molecular formula is C2H5BS2. The van der Waals surface area contributed by atoms with Gasteiger partial charge >= 0.3 is 0 Å². The molecule has 0 heterocycles. The molecule has 0 saturated heterocycles. The normalized spacial score (nSPS) is 8.20. The fraction of sp³-hybridized carbons (Fsp3) is 1.00. The van der Waals surface area contributed by atoms with Crippen LogP contribution in [-0.4, -0.2) is 13.6 Å². The molecule has 0 nitrogen and oxygen atoms in total. The van der Waals surface area contributed by atoms with E-state index < -0.39 is 0 Å². The Hall–Kier alpha value is 0.765. The molecule has 0 atom stereocenters. The number of thiol groups is 1. The molecule has 3 heteroatoms. The first-order valence-electron chi connectivity index (χ1n) is 1.38. The minimum absolute atomic E-state index is 0.730. The van der Waals surface area contributed by atoms with Crippen molar-refractivity contribution in [3.8, 4) is 0 Å². The molecule has 0 rings (SSSR count). The fourth-order valence-corrected chi connectivity index (χ4v) is 0.474. The summed E-state index contributed by atoms with van der Waals surface area (Å²) in [5, 5.41) is 0. The molecule has 0 fully saturated rings. The lowest BCUT2D eigenvalue weighted by Crippen LogP contribution is -1.66. The molecule has 0 aromatic rings. The number of hydrogen-bond donors (Lipinski definition) is 1. The van der Waals surface area contributed by atoms with E-state index in [4.69, 9.17) is 7.85 Å². The van der Waals surface area contributed by atoms with Crippen molar-refractivity contribution in [3.05, 3.63) is 0 Å². The van der Waals surface area contributed by atoms with E-state index in [1.165, 1.54) is 10.8 Å². The predicted molar refractivity (Wildman–Crippen MR) is 32.0 cm³/mol. The zero-order valence-electron chi connectivity index (χ0n) is 2.85. The molecule has 0 aromatic carbocycles. The summed E-state index contributed by atoms with van der Waals surface area (Å²) in [5.41, 5.74) is 0. The van der Waals surface area contributed by atoms with Gasteiger partial charge in [0.15, 0.2) is 0 Å². The van der Waals surface area contributed by atoms with Crippen LogP contribution in [0, 0.1) is 0 Å². The van der Waals surface area contributed by atoms with E-state index in [2.05, 4.69) is 11.7 Å². The summed E-state index contributed by atoms with van der Waals surface area (Å²) in [7, 11) is 6.54. The van der Waals surface area contributed by atoms with Crippen LogP contribution in [0.4, 0.5) is 0 Å². The molecule has 0 N–H and O–H groups in total. The largest absolute Gasteiger partial charge is 0.111 e. The van der Waals surface area contributed by atoms with E-state index in [-0.39, 0.29) is 0 Å². The summed E-state index contributed by atoms with van der Waals surface area (Å²) in [6.45, 7) is 0. The van der Waals surface area contributed by atoms with E-state index in [1.54, 1.807) is 0 Å². The van der Waals surface area contributed by atoms with Gasteiger partial charge in [-0.1, -0.05) is 17.1 Å². The molecular weight excluding hydrogens is 99.0 g/mol. The molecule has 0 aliphatic rings. The maximum absolute atomic E-state index is 5.07. The van der Waals surface area contributed by atoms with Crippen molar-refractivity contribution in [2.45, 2.75) is 6.32 Å². The lowest BCUT2D eigenvalue weighted by Gasteiger charge is -1.78. The van der Waals surface area contributed by atoms with Crippen LogP contribution in [-0.2, 0) is 0 Å². The van der Waals surface area contributed by atoms with E-state index in [0.29, 0.717) is 0 Å². The topological polar surface area (TPSA) is 0 Å². The summed E-state index contributed by atoms with van der Waals surface area (Å²) in [6, 6.07) is 0. The van der Waals surface area contributed by atoms with E-state index >= 15 is 0 Å². The summed E-state index contributed by atoms with van der Waals surface area (Å²) in [5.74, 6) is 0.948. The number of rotatable bonds is 2. The first kappa shape index (κ1) is 5.76. The highest BCUT2D eigenvalue weighted by atomic mass is 33.1. The third-order valence-electron chi connectivity index (χ3n) is 0.209. The average Bonchev–Trinajstić information content (AvgIpc) is 1.41. The van der Waals surface area contributed by atoms with Gasteiger partial charge < -0.3 is 0 Å². The van der Waals surface area contributed by atoms with Gasteiger partial charge in [0.2, 0.25) is 0 Å². The van der Waals surface area contributed by atoms with Gasteiger partial charge in [0.25, 0.3) is 0 Å². The molecule has 28 valence electrons. The third kappa shape index (κ3) is 4.76. The van der Waals surface area contributed by atoms with Crippen LogP contribution in [0.5, 0.6) is 0 Å². The Balaban J connectivity index is 2.19. The Kier molecular flexibility index (Phi) is 5.49. The van der Waals surface area contributed by atoms with Crippen LogP contribution in [0.15, 0.2) is 0 Å². The van der Waals surface area contributed by atoms with Gasteiger partial charge in [-0.15, -0.1) is 11.7 Å². The molecule has 0 bridgehead atoms. The van der Waals surface area contributed by atoms with Gasteiger partial charge in [-0.2, -0.15) is 0 Å². The van der Waals surface area contributed by atoms with Crippen molar-refractivity contribution < 1.29 is 0 Å². The zero-order chi connectivity index (χ0) is 4.12. The molecule has 0 spiro atoms. The van der Waals surface area contributed by atoms with Crippen molar-refractivity contribution in [2.24, 2.45) is 0 Å². The molecule has 0 aromatic heterocycles. The summed E-state index contributed by atoms with van der Waals surface area (Å²) in [6.07, 6.45) is 0.730. The smallest absolute Gasteiger partial charge is 0.0664 e. The minimum atomic E-state index is 0.730. The quantitative estimate of drug-likeness (QED) is 0.311. The summed E-state index contributed by atoms with van der Waals surface area (Å²) in [4.78, 5) is 0. The third-order valence-corrected chi connectivity index (χ3v) is 1.18. The van der Waals surface area contributed by atoms with Gasteiger partial charge in [-0.05, 0) is 5.75 Å². The maximum Gasteiger partial charge on any atom is 0.0664 e. The van der Waals surface area contributed by atoms with Crippen molar-refractivity contribution in [3.63, 3.8) is 0 Å². The standard InChI is InChI=1S/C2H5BS2/c3-1-2-5-4/h4H,1-2H2. The van der Waals surface area contributed by atoms with Crippen molar-refractivity contribution in [1.29, 1.82) is 0 Å². The second-order valence-electron chi connectivity index (χ2n) is 0.622.